The molecule has 2 heterocycles. The molecule has 13 heteroatoms. The molecule has 4 N–H and O–H groups in total. The highest BCUT2D eigenvalue weighted by Gasteiger charge is 2.39. The normalized spacial score (nSPS) is 22.8. The number of rotatable bonds is 10. The molecule has 0 aliphatic carbocycles. The Morgan fingerprint density at radius 2 is 2.03 bits per heavy atom. The fraction of sp³-hybridized carbons (Fsp3) is 0.476. The van der Waals surface area contributed by atoms with Crippen LogP contribution < -0.4 is 21.0 Å². The van der Waals surface area contributed by atoms with Crippen molar-refractivity contribution >= 4 is 19.5 Å². The van der Waals surface area contributed by atoms with Gasteiger partial charge in [-0.15, -0.1) is 0 Å². The standard InChI is InChI=1S/C21H29N4O8P/c1-13(2)31-20(27)14(3)24-34(29,33-15-7-5-4-6-8-15)30-12-17-16(26)11-19(32-17)25-10-9-18(22)23-21(25)28/h4-10,13-14,16-17,19,26H,11-12H2,1-3H3,(H,24,29)(H2,22,23,28)/t14-,16?,17-,19-,34?/m1/s1. The lowest BCUT2D eigenvalue weighted by molar-refractivity contribution is -0.149. The number of nitrogens with two attached hydrogens (primary N) is 1. The van der Waals surface area contributed by atoms with Gasteiger partial charge in [-0.05, 0) is 39.0 Å². The van der Waals surface area contributed by atoms with E-state index in [0.29, 0.717) is 0 Å². The Balaban J connectivity index is 1.71. The highest BCUT2D eigenvalue weighted by atomic mass is 31.2. The van der Waals surface area contributed by atoms with Crippen LogP contribution in [0.15, 0.2) is 47.4 Å². The van der Waals surface area contributed by atoms with Crippen LogP contribution >= 0.6 is 7.75 Å². The average molecular weight is 496 g/mol. The van der Waals surface area contributed by atoms with Crippen molar-refractivity contribution in [3.05, 3.63) is 53.1 Å². The predicted octanol–water partition coefficient (Wildman–Crippen LogP) is 1.61. The lowest BCUT2D eigenvalue weighted by atomic mass is 10.2. The van der Waals surface area contributed by atoms with Crippen molar-refractivity contribution in [2.45, 2.75) is 57.8 Å². The van der Waals surface area contributed by atoms with Crippen LogP contribution in [0.3, 0.4) is 0 Å². The second-order valence-electron chi connectivity index (χ2n) is 8.01. The number of nitrogen functional groups attached to an aromatic ring is 1. The molecule has 1 aromatic carbocycles. The molecule has 0 spiro atoms. The second kappa shape index (κ2) is 11.1. The fourth-order valence-electron chi connectivity index (χ4n) is 3.19. The summed E-state index contributed by atoms with van der Waals surface area (Å²) in [6, 6.07) is 8.69. The number of carbonyl (C=O) groups excluding carboxylic acids is 1. The van der Waals surface area contributed by atoms with Gasteiger partial charge in [-0.2, -0.15) is 10.1 Å². The maximum atomic E-state index is 13.5. The summed E-state index contributed by atoms with van der Waals surface area (Å²) in [5.74, 6) is -0.328. The summed E-state index contributed by atoms with van der Waals surface area (Å²) in [7, 11) is -4.12. The Morgan fingerprint density at radius 3 is 2.68 bits per heavy atom. The van der Waals surface area contributed by atoms with E-state index in [9.17, 15) is 19.3 Å². The summed E-state index contributed by atoms with van der Waals surface area (Å²) in [6.45, 7) is 4.50. The molecule has 12 nitrogen and oxygen atoms in total. The zero-order chi connectivity index (χ0) is 24.9. The Kier molecular flexibility index (Phi) is 8.45. The predicted molar refractivity (Wildman–Crippen MR) is 122 cm³/mol. The van der Waals surface area contributed by atoms with E-state index in [1.54, 1.807) is 44.2 Å². The quantitative estimate of drug-likeness (QED) is 0.323. The molecule has 0 radical (unpaired) electrons. The highest BCUT2D eigenvalue weighted by molar-refractivity contribution is 7.52. The molecule has 5 atom stereocenters. The lowest BCUT2D eigenvalue weighted by Gasteiger charge is -2.25. The van der Waals surface area contributed by atoms with Crippen LogP contribution in [0.4, 0.5) is 5.82 Å². The Bertz CT molecular complexity index is 1080. The van der Waals surface area contributed by atoms with Gasteiger partial charge >= 0.3 is 19.4 Å². The third-order valence-electron chi connectivity index (χ3n) is 4.80. The van der Waals surface area contributed by atoms with Crippen molar-refractivity contribution in [3.8, 4) is 5.75 Å². The molecule has 1 fully saturated rings. The molecule has 1 aromatic heterocycles. The second-order valence-corrected chi connectivity index (χ2v) is 9.70. The maximum absolute atomic E-state index is 13.5. The third-order valence-corrected chi connectivity index (χ3v) is 6.44. The van der Waals surface area contributed by atoms with Crippen LogP contribution in [-0.2, 0) is 23.4 Å². The van der Waals surface area contributed by atoms with E-state index >= 15 is 0 Å². The fourth-order valence-corrected chi connectivity index (χ4v) is 4.69. The summed E-state index contributed by atoms with van der Waals surface area (Å²) < 4.78 is 36.7. The smallest absolute Gasteiger partial charge is 0.459 e. The van der Waals surface area contributed by atoms with Gasteiger partial charge in [0, 0.05) is 12.6 Å². The van der Waals surface area contributed by atoms with Gasteiger partial charge in [0.2, 0.25) is 0 Å². The van der Waals surface area contributed by atoms with E-state index in [1.165, 1.54) is 23.8 Å². The number of para-hydroxylation sites is 1. The summed E-state index contributed by atoms with van der Waals surface area (Å²) in [5.41, 5.74) is 4.88. The van der Waals surface area contributed by atoms with Crippen molar-refractivity contribution in [3.63, 3.8) is 0 Å². The molecular weight excluding hydrogens is 467 g/mol. The zero-order valence-electron chi connectivity index (χ0n) is 19.1. The SMILES string of the molecule is CC(C)OC(=O)[C@@H](C)NP(=O)(OC[C@H]1O[C@@H](n2ccc(N)nc2=O)CC1O)Oc1ccccc1. The Hall–Kier alpha value is -2.76. The van der Waals surface area contributed by atoms with E-state index in [-0.39, 0.29) is 30.7 Å². The maximum Gasteiger partial charge on any atom is 0.459 e. The minimum Gasteiger partial charge on any atom is -0.462 e. The molecule has 34 heavy (non-hydrogen) atoms. The number of anilines is 1. The van der Waals surface area contributed by atoms with E-state index < -0.39 is 43.9 Å². The van der Waals surface area contributed by atoms with Gasteiger partial charge in [-0.1, -0.05) is 18.2 Å². The number of benzene rings is 1. The number of hydrogen-bond donors (Lipinski definition) is 3. The van der Waals surface area contributed by atoms with E-state index in [4.69, 9.17) is 24.3 Å². The Morgan fingerprint density at radius 1 is 1.32 bits per heavy atom. The molecular formula is C21H29N4O8P. The first-order chi connectivity index (χ1) is 16.1. The zero-order valence-corrected chi connectivity index (χ0v) is 20.0. The van der Waals surface area contributed by atoms with Crippen molar-refractivity contribution in [2.24, 2.45) is 0 Å². The van der Waals surface area contributed by atoms with Gasteiger partial charge in [0.1, 0.15) is 29.9 Å². The molecule has 186 valence electrons. The van der Waals surface area contributed by atoms with Crippen molar-refractivity contribution in [1.82, 2.24) is 14.6 Å². The van der Waals surface area contributed by atoms with E-state index in [2.05, 4.69) is 10.1 Å². The lowest BCUT2D eigenvalue weighted by Crippen LogP contribution is -2.37. The molecule has 1 aliphatic rings. The summed E-state index contributed by atoms with van der Waals surface area (Å²) in [5, 5.41) is 13.0. The molecule has 2 aromatic rings. The largest absolute Gasteiger partial charge is 0.462 e. The van der Waals surface area contributed by atoms with Crippen molar-refractivity contribution < 1.29 is 33.0 Å². The van der Waals surface area contributed by atoms with Crippen LogP contribution in [0.5, 0.6) is 5.75 Å². The minimum absolute atomic E-state index is 0.0647. The van der Waals surface area contributed by atoms with Gasteiger partial charge in [0.05, 0.1) is 18.8 Å². The number of carbonyl (C=O) groups is 1. The molecule has 0 amide bonds. The number of aliphatic hydroxyl groups excluding tert-OH is 1. The number of aromatic nitrogens is 2. The van der Waals surface area contributed by atoms with Gasteiger partial charge < -0.3 is 24.8 Å². The molecule has 3 rings (SSSR count). The van der Waals surface area contributed by atoms with Crippen LogP contribution in [0.2, 0.25) is 0 Å². The summed E-state index contributed by atoms with van der Waals surface area (Å²) >= 11 is 0. The molecule has 1 aliphatic heterocycles. The number of aliphatic hydroxyl groups is 1. The van der Waals surface area contributed by atoms with Gasteiger partial charge in [0.25, 0.3) is 0 Å². The molecule has 1 saturated heterocycles. The Labute approximate surface area is 196 Å². The first kappa shape index (κ1) is 25.9. The first-order valence-electron chi connectivity index (χ1n) is 10.7. The summed E-state index contributed by atoms with van der Waals surface area (Å²) in [4.78, 5) is 27.9. The summed E-state index contributed by atoms with van der Waals surface area (Å²) in [6.07, 6.45) is -1.64. The van der Waals surface area contributed by atoms with Gasteiger partial charge in [0.15, 0.2) is 0 Å². The van der Waals surface area contributed by atoms with E-state index in [1.807, 2.05) is 0 Å². The van der Waals surface area contributed by atoms with Crippen LogP contribution in [0, 0.1) is 0 Å². The molecule has 2 unspecified atom stereocenters. The van der Waals surface area contributed by atoms with Gasteiger partial charge in [-0.25, -0.2) is 9.36 Å². The third kappa shape index (κ3) is 6.87. The molecule has 0 saturated carbocycles. The van der Waals surface area contributed by atoms with Crippen LogP contribution in [0.25, 0.3) is 0 Å². The molecule has 0 bridgehead atoms. The number of hydrogen-bond acceptors (Lipinski definition) is 10. The number of nitrogens with zero attached hydrogens (tertiary/aromatic N) is 2. The topological polar surface area (TPSA) is 164 Å². The van der Waals surface area contributed by atoms with Crippen molar-refractivity contribution in [1.29, 1.82) is 0 Å². The van der Waals surface area contributed by atoms with Gasteiger partial charge in [-0.3, -0.25) is 13.9 Å². The average Bonchev–Trinajstić information content (AvgIpc) is 3.12. The minimum atomic E-state index is -4.12. The van der Waals surface area contributed by atoms with Crippen LogP contribution in [0.1, 0.15) is 33.4 Å². The number of nitrogens with one attached hydrogen (secondary N) is 1. The van der Waals surface area contributed by atoms with Crippen LogP contribution in [-0.4, -0.2) is 51.6 Å². The number of esters is 1. The van der Waals surface area contributed by atoms with E-state index in [0.717, 1.165) is 0 Å². The first-order valence-corrected chi connectivity index (χ1v) is 12.3. The number of ether oxygens (including phenoxy) is 2. The monoisotopic (exact) mass is 496 g/mol. The highest BCUT2D eigenvalue weighted by Crippen LogP contribution is 2.45. The van der Waals surface area contributed by atoms with Crippen molar-refractivity contribution in [2.75, 3.05) is 12.3 Å².